The average Bonchev–Trinajstić information content (AvgIpc) is 2.42. The summed E-state index contributed by atoms with van der Waals surface area (Å²) >= 11 is 0. The van der Waals surface area contributed by atoms with Gasteiger partial charge in [0.15, 0.2) is 0 Å². The third-order valence-electron chi connectivity index (χ3n) is 2.93. The molecule has 2 rings (SSSR count). The standard InChI is InChI=1S/C15H13F2NO2/c1-9-6-13(17)14(7-12(9)16)18-8-10-2-4-11(5-3-10)15(19)20/h2-7,18H,8H2,1H3,(H,19,20). The first-order valence-corrected chi connectivity index (χ1v) is 5.99. The van der Waals surface area contributed by atoms with Gasteiger partial charge in [0.2, 0.25) is 0 Å². The smallest absolute Gasteiger partial charge is 0.335 e. The Bertz CT molecular complexity index is 639. The van der Waals surface area contributed by atoms with Crippen molar-refractivity contribution < 1.29 is 18.7 Å². The van der Waals surface area contributed by atoms with Gasteiger partial charge in [0.1, 0.15) is 11.6 Å². The van der Waals surface area contributed by atoms with Crippen molar-refractivity contribution in [2.45, 2.75) is 13.5 Å². The van der Waals surface area contributed by atoms with Gasteiger partial charge < -0.3 is 10.4 Å². The molecule has 0 amide bonds. The van der Waals surface area contributed by atoms with Gasteiger partial charge in [-0.2, -0.15) is 0 Å². The number of halogens is 2. The maximum Gasteiger partial charge on any atom is 0.335 e. The fourth-order valence-corrected chi connectivity index (χ4v) is 1.74. The van der Waals surface area contributed by atoms with Crippen LogP contribution in [-0.2, 0) is 6.54 Å². The van der Waals surface area contributed by atoms with Crippen molar-refractivity contribution in [3.05, 3.63) is 64.7 Å². The third kappa shape index (κ3) is 3.12. The van der Waals surface area contributed by atoms with Crippen LogP contribution in [0.15, 0.2) is 36.4 Å². The van der Waals surface area contributed by atoms with E-state index in [0.717, 1.165) is 17.7 Å². The number of carboxylic acid groups (broad SMARTS) is 1. The molecule has 0 bridgehead atoms. The minimum Gasteiger partial charge on any atom is -0.478 e. The normalized spacial score (nSPS) is 10.3. The molecule has 104 valence electrons. The molecule has 0 atom stereocenters. The summed E-state index contributed by atoms with van der Waals surface area (Å²) in [7, 11) is 0. The highest BCUT2D eigenvalue weighted by Crippen LogP contribution is 2.19. The third-order valence-corrected chi connectivity index (χ3v) is 2.93. The molecular formula is C15H13F2NO2. The Hall–Kier alpha value is -2.43. The van der Waals surface area contributed by atoms with Crippen LogP contribution < -0.4 is 5.32 Å². The lowest BCUT2D eigenvalue weighted by Crippen LogP contribution is -2.03. The Labute approximate surface area is 114 Å². The fraction of sp³-hybridized carbons (Fsp3) is 0.133. The van der Waals surface area contributed by atoms with Gasteiger partial charge in [-0.1, -0.05) is 12.1 Å². The van der Waals surface area contributed by atoms with Crippen molar-refractivity contribution in [2.75, 3.05) is 5.32 Å². The lowest BCUT2D eigenvalue weighted by Gasteiger charge is -2.09. The van der Waals surface area contributed by atoms with Crippen LogP contribution in [0.25, 0.3) is 0 Å². The van der Waals surface area contributed by atoms with Crippen molar-refractivity contribution in [3.8, 4) is 0 Å². The average molecular weight is 277 g/mol. The molecule has 0 unspecified atom stereocenters. The number of anilines is 1. The van der Waals surface area contributed by atoms with E-state index < -0.39 is 17.6 Å². The topological polar surface area (TPSA) is 49.3 Å². The van der Waals surface area contributed by atoms with Crippen LogP contribution in [0.5, 0.6) is 0 Å². The highest BCUT2D eigenvalue weighted by molar-refractivity contribution is 5.87. The summed E-state index contributed by atoms with van der Waals surface area (Å²) in [6, 6.07) is 8.41. The van der Waals surface area contributed by atoms with E-state index in [9.17, 15) is 13.6 Å². The molecule has 0 saturated carbocycles. The second-order valence-corrected chi connectivity index (χ2v) is 4.44. The molecule has 0 saturated heterocycles. The summed E-state index contributed by atoms with van der Waals surface area (Å²) in [5, 5.41) is 11.6. The van der Waals surface area contributed by atoms with Crippen molar-refractivity contribution in [1.29, 1.82) is 0 Å². The molecule has 0 radical (unpaired) electrons. The van der Waals surface area contributed by atoms with Gasteiger partial charge in [-0.15, -0.1) is 0 Å². The molecule has 0 aliphatic heterocycles. The number of hydrogen-bond donors (Lipinski definition) is 2. The van der Waals surface area contributed by atoms with E-state index in [2.05, 4.69) is 5.32 Å². The first-order chi connectivity index (χ1) is 9.47. The van der Waals surface area contributed by atoms with Crippen molar-refractivity contribution in [3.63, 3.8) is 0 Å². The van der Waals surface area contributed by atoms with Gasteiger partial charge in [-0.25, -0.2) is 13.6 Å². The Morgan fingerprint density at radius 3 is 2.40 bits per heavy atom. The van der Waals surface area contributed by atoms with E-state index in [-0.39, 0.29) is 23.4 Å². The van der Waals surface area contributed by atoms with Gasteiger partial charge in [0, 0.05) is 12.6 Å². The molecular weight excluding hydrogens is 264 g/mol. The maximum absolute atomic E-state index is 13.6. The first-order valence-electron chi connectivity index (χ1n) is 5.99. The van der Waals surface area contributed by atoms with Gasteiger partial charge in [0.05, 0.1) is 11.3 Å². The molecule has 3 nitrogen and oxygen atoms in total. The molecule has 20 heavy (non-hydrogen) atoms. The zero-order valence-corrected chi connectivity index (χ0v) is 10.8. The Balaban J connectivity index is 2.09. The zero-order chi connectivity index (χ0) is 14.7. The SMILES string of the molecule is Cc1cc(F)c(NCc2ccc(C(=O)O)cc2)cc1F. The zero-order valence-electron chi connectivity index (χ0n) is 10.8. The van der Waals surface area contributed by atoms with Crippen LogP contribution >= 0.6 is 0 Å². The van der Waals surface area contributed by atoms with Crippen molar-refractivity contribution >= 4 is 11.7 Å². The lowest BCUT2D eigenvalue weighted by atomic mass is 10.1. The van der Waals surface area contributed by atoms with Crippen LogP contribution in [0, 0.1) is 18.6 Å². The summed E-state index contributed by atoms with van der Waals surface area (Å²) < 4.78 is 27.0. The molecule has 0 aromatic heterocycles. The number of hydrogen-bond acceptors (Lipinski definition) is 2. The van der Waals surface area contributed by atoms with E-state index in [4.69, 9.17) is 5.11 Å². The van der Waals surface area contributed by atoms with Crippen LogP contribution in [0.2, 0.25) is 0 Å². The minimum absolute atomic E-state index is 0.0791. The summed E-state index contributed by atoms with van der Waals surface area (Å²) in [4.78, 5) is 10.7. The van der Waals surface area contributed by atoms with Crippen molar-refractivity contribution in [1.82, 2.24) is 0 Å². The minimum atomic E-state index is -1.00. The summed E-state index contributed by atoms with van der Waals surface area (Å²) in [5.41, 5.74) is 1.28. The predicted molar refractivity (Wildman–Crippen MR) is 71.8 cm³/mol. The van der Waals surface area contributed by atoms with Gasteiger partial charge >= 0.3 is 5.97 Å². The Morgan fingerprint density at radius 1 is 1.15 bits per heavy atom. The summed E-state index contributed by atoms with van der Waals surface area (Å²) in [5.74, 6) is -2.00. The van der Waals surface area contributed by atoms with Gasteiger partial charge in [-0.05, 0) is 36.2 Å². The number of aromatic carboxylic acids is 1. The Kier molecular flexibility index (Phi) is 3.98. The number of rotatable bonds is 4. The molecule has 0 aliphatic rings. The van der Waals surface area contributed by atoms with Crippen LogP contribution in [0.1, 0.15) is 21.5 Å². The highest BCUT2D eigenvalue weighted by atomic mass is 19.1. The number of nitrogens with one attached hydrogen (secondary N) is 1. The van der Waals surface area contributed by atoms with E-state index in [1.165, 1.54) is 19.1 Å². The van der Waals surface area contributed by atoms with E-state index in [1.54, 1.807) is 12.1 Å². The lowest BCUT2D eigenvalue weighted by molar-refractivity contribution is 0.0697. The maximum atomic E-state index is 13.6. The Morgan fingerprint density at radius 2 is 1.80 bits per heavy atom. The second kappa shape index (κ2) is 5.69. The second-order valence-electron chi connectivity index (χ2n) is 4.44. The molecule has 2 N–H and O–H groups in total. The van der Waals surface area contributed by atoms with E-state index in [0.29, 0.717) is 0 Å². The molecule has 2 aromatic rings. The molecule has 0 spiro atoms. The van der Waals surface area contributed by atoms with Crippen molar-refractivity contribution in [2.24, 2.45) is 0 Å². The van der Waals surface area contributed by atoms with Crippen LogP contribution in [0.3, 0.4) is 0 Å². The summed E-state index contributed by atoms with van der Waals surface area (Å²) in [6.45, 7) is 1.77. The molecule has 0 fully saturated rings. The number of benzene rings is 2. The van der Waals surface area contributed by atoms with E-state index >= 15 is 0 Å². The monoisotopic (exact) mass is 277 g/mol. The molecule has 2 aromatic carbocycles. The quantitative estimate of drug-likeness (QED) is 0.898. The predicted octanol–water partition coefficient (Wildman–Crippen LogP) is 3.58. The fourth-order valence-electron chi connectivity index (χ4n) is 1.74. The number of aryl methyl sites for hydroxylation is 1. The van der Waals surface area contributed by atoms with E-state index in [1.807, 2.05) is 0 Å². The first kappa shape index (κ1) is 14.0. The highest BCUT2D eigenvalue weighted by Gasteiger charge is 2.07. The number of carboxylic acids is 1. The molecule has 0 aliphatic carbocycles. The van der Waals surface area contributed by atoms with Gasteiger partial charge in [-0.3, -0.25) is 0 Å². The number of carbonyl (C=O) groups is 1. The van der Waals surface area contributed by atoms with Crippen LogP contribution in [-0.4, -0.2) is 11.1 Å². The van der Waals surface area contributed by atoms with Gasteiger partial charge in [0.25, 0.3) is 0 Å². The summed E-state index contributed by atoms with van der Waals surface area (Å²) in [6.07, 6.45) is 0. The van der Waals surface area contributed by atoms with Crippen LogP contribution in [0.4, 0.5) is 14.5 Å². The molecule has 5 heteroatoms. The molecule has 0 heterocycles. The largest absolute Gasteiger partial charge is 0.478 e.